The van der Waals surface area contributed by atoms with Crippen LogP contribution in [-0.4, -0.2) is 33.7 Å². The molecule has 1 fully saturated rings. The first-order chi connectivity index (χ1) is 5.56. The second-order valence-corrected chi connectivity index (χ2v) is 3.25. The second kappa shape index (κ2) is 3.28. The van der Waals surface area contributed by atoms with Gasteiger partial charge in [-0.3, -0.25) is 5.32 Å². The number of aliphatic hydroxyl groups excluding tert-OH is 1. The first-order valence-corrected chi connectivity index (χ1v) is 3.90. The molecular weight excluding hydrogens is 162 g/mol. The summed E-state index contributed by atoms with van der Waals surface area (Å²) >= 11 is 0. The molecule has 1 rings (SSSR count). The van der Waals surface area contributed by atoms with Gasteiger partial charge < -0.3 is 15.3 Å². The second-order valence-electron chi connectivity index (χ2n) is 3.25. The molecule has 5 nitrogen and oxygen atoms in total. The largest absolute Gasteiger partial charge is 0.465 e. The molecule has 0 saturated heterocycles. The number of nitrogens with one attached hydrogen (secondary N) is 1. The summed E-state index contributed by atoms with van der Waals surface area (Å²) in [6, 6.07) is 0. The number of hydrogen-bond acceptors (Lipinski definition) is 3. The van der Waals surface area contributed by atoms with Gasteiger partial charge in [0.25, 0.3) is 0 Å². The Morgan fingerprint density at radius 1 is 1.67 bits per heavy atom. The zero-order chi connectivity index (χ0) is 9.19. The van der Waals surface area contributed by atoms with Crippen LogP contribution in [0.5, 0.6) is 0 Å². The summed E-state index contributed by atoms with van der Waals surface area (Å²) in [5, 5.41) is 28.7. The SMILES string of the molecule is O=C(O)NC1(O)CCC(CO)C1. The quantitative estimate of drug-likeness (QED) is 0.435. The lowest BCUT2D eigenvalue weighted by Gasteiger charge is -2.21. The molecule has 12 heavy (non-hydrogen) atoms. The Morgan fingerprint density at radius 2 is 2.33 bits per heavy atom. The van der Waals surface area contributed by atoms with Gasteiger partial charge in [0.15, 0.2) is 0 Å². The molecule has 0 aromatic carbocycles. The molecule has 2 atom stereocenters. The van der Waals surface area contributed by atoms with Crippen molar-refractivity contribution in [2.24, 2.45) is 5.92 Å². The van der Waals surface area contributed by atoms with E-state index < -0.39 is 11.8 Å². The van der Waals surface area contributed by atoms with Gasteiger partial charge in [0.05, 0.1) is 0 Å². The van der Waals surface area contributed by atoms with Gasteiger partial charge in [-0.05, 0) is 18.8 Å². The van der Waals surface area contributed by atoms with Crippen LogP contribution in [-0.2, 0) is 0 Å². The van der Waals surface area contributed by atoms with Crippen molar-refractivity contribution in [3.8, 4) is 0 Å². The number of carbonyl (C=O) groups is 1. The summed E-state index contributed by atoms with van der Waals surface area (Å²) in [5.41, 5.74) is -1.32. The van der Waals surface area contributed by atoms with Crippen molar-refractivity contribution in [2.75, 3.05) is 6.61 Å². The Balaban J connectivity index is 2.46. The molecule has 0 radical (unpaired) electrons. The maximum Gasteiger partial charge on any atom is 0.406 e. The van der Waals surface area contributed by atoms with Crippen molar-refractivity contribution in [3.05, 3.63) is 0 Å². The molecule has 70 valence electrons. The van der Waals surface area contributed by atoms with E-state index in [4.69, 9.17) is 10.2 Å². The van der Waals surface area contributed by atoms with Gasteiger partial charge in [-0.25, -0.2) is 4.79 Å². The highest BCUT2D eigenvalue weighted by atomic mass is 16.4. The minimum absolute atomic E-state index is 0.00358. The van der Waals surface area contributed by atoms with E-state index in [1.54, 1.807) is 0 Å². The third kappa shape index (κ3) is 2.09. The molecule has 4 N–H and O–H groups in total. The summed E-state index contributed by atoms with van der Waals surface area (Å²) < 4.78 is 0. The molecule has 0 bridgehead atoms. The van der Waals surface area contributed by atoms with E-state index in [2.05, 4.69) is 0 Å². The van der Waals surface area contributed by atoms with Crippen LogP contribution in [0.25, 0.3) is 0 Å². The maximum absolute atomic E-state index is 10.2. The van der Waals surface area contributed by atoms with Crippen molar-refractivity contribution in [1.82, 2.24) is 5.32 Å². The van der Waals surface area contributed by atoms with E-state index in [1.165, 1.54) is 0 Å². The minimum Gasteiger partial charge on any atom is -0.465 e. The molecule has 0 aliphatic heterocycles. The monoisotopic (exact) mass is 175 g/mol. The fourth-order valence-electron chi connectivity index (χ4n) is 1.59. The normalized spacial score (nSPS) is 35.0. The van der Waals surface area contributed by atoms with Gasteiger partial charge in [0.1, 0.15) is 5.72 Å². The van der Waals surface area contributed by atoms with E-state index in [0.29, 0.717) is 19.3 Å². The predicted molar refractivity (Wildman–Crippen MR) is 40.5 cm³/mol. The van der Waals surface area contributed by atoms with Crippen molar-refractivity contribution in [1.29, 1.82) is 0 Å². The summed E-state index contributed by atoms with van der Waals surface area (Å²) in [6.07, 6.45) is 0.115. The van der Waals surface area contributed by atoms with Crippen LogP contribution < -0.4 is 5.32 Å². The first-order valence-electron chi connectivity index (χ1n) is 3.90. The smallest absolute Gasteiger partial charge is 0.406 e. The maximum atomic E-state index is 10.2. The molecule has 1 amide bonds. The topological polar surface area (TPSA) is 89.8 Å². The highest BCUT2D eigenvalue weighted by Gasteiger charge is 2.38. The Morgan fingerprint density at radius 3 is 2.75 bits per heavy atom. The Hall–Kier alpha value is -0.810. The van der Waals surface area contributed by atoms with E-state index in [0.717, 1.165) is 0 Å². The Bertz CT molecular complexity index is 184. The van der Waals surface area contributed by atoms with E-state index in [1.807, 2.05) is 5.32 Å². The fraction of sp³-hybridized carbons (Fsp3) is 0.857. The zero-order valence-electron chi connectivity index (χ0n) is 6.66. The van der Waals surface area contributed by atoms with Gasteiger partial charge in [-0.2, -0.15) is 0 Å². The number of aliphatic hydroxyl groups is 2. The molecule has 0 heterocycles. The number of carboxylic acid groups (broad SMARTS) is 1. The van der Waals surface area contributed by atoms with E-state index >= 15 is 0 Å². The third-order valence-corrected chi connectivity index (χ3v) is 2.19. The highest BCUT2D eigenvalue weighted by molar-refractivity contribution is 5.65. The number of amides is 1. The van der Waals surface area contributed by atoms with Crippen LogP contribution in [0.1, 0.15) is 19.3 Å². The van der Waals surface area contributed by atoms with Crippen molar-refractivity contribution >= 4 is 6.09 Å². The van der Waals surface area contributed by atoms with Gasteiger partial charge in [-0.1, -0.05) is 0 Å². The average molecular weight is 175 g/mol. The zero-order valence-corrected chi connectivity index (χ0v) is 6.66. The van der Waals surface area contributed by atoms with Gasteiger partial charge in [0.2, 0.25) is 0 Å². The number of rotatable bonds is 2. The fourth-order valence-corrected chi connectivity index (χ4v) is 1.59. The lowest BCUT2D eigenvalue weighted by Crippen LogP contribution is -2.45. The van der Waals surface area contributed by atoms with Gasteiger partial charge >= 0.3 is 6.09 Å². The molecule has 0 spiro atoms. The molecule has 1 aliphatic carbocycles. The van der Waals surface area contributed by atoms with Crippen molar-refractivity contribution < 1.29 is 20.1 Å². The summed E-state index contributed by atoms with van der Waals surface area (Å²) in [4.78, 5) is 10.2. The lowest BCUT2D eigenvalue weighted by atomic mass is 10.1. The van der Waals surface area contributed by atoms with E-state index in [-0.39, 0.29) is 12.5 Å². The molecule has 5 heteroatoms. The lowest BCUT2D eigenvalue weighted by molar-refractivity contribution is 0.00991. The van der Waals surface area contributed by atoms with Crippen LogP contribution in [0.15, 0.2) is 0 Å². The molecule has 2 unspecified atom stereocenters. The van der Waals surface area contributed by atoms with Crippen LogP contribution in [0, 0.1) is 5.92 Å². The molecule has 0 aromatic rings. The van der Waals surface area contributed by atoms with Crippen LogP contribution in [0.4, 0.5) is 4.79 Å². The van der Waals surface area contributed by atoms with Crippen molar-refractivity contribution in [3.63, 3.8) is 0 Å². The van der Waals surface area contributed by atoms with Gasteiger partial charge in [0, 0.05) is 13.0 Å². The molecule has 1 aliphatic rings. The number of hydrogen-bond donors (Lipinski definition) is 4. The molecule has 1 saturated carbocycles. The van der Waals surface area contributed by atoms with Crippen LogP contribution in [0.3, 0.4) is 0 Å². The van der Waals surface area contributed by atoms with Crippen LogP contribution >= 0.6 is 0 Å². The summed E-state index contributed by atoms with van der Waals surface area (Å²) in [5.74, 6) is 0.0156. The Labute approximate surface area is 70.0 Å². The molecular formula is C7H13NO4. The highest BCUT2D eigenvalue weighted by Crippen LogP contribution is 2.31. The van der Waals surface area contributed by atoms with Crippen molar-refractivity contribution in [2.45, 2.75) is 25.0 Å². The average Bonchev–Trinajstić information content (AvgIpc) is 2.30. The standard InChI is InChI=1S/C7H13NO4/c9-4-5-1-2-7(12,3-5)8-6(10)11/h5,8-9,12H,1-4H2,(H,10,11). The first kappa shape index (κ1) is 9.28. The van der Waals surface area contributed by atoms with Gasteiger partial charge in [-0.15, -0.1) is 0 Å². The summed E-state index contributed by atoms with van der Waals surface area (Å²) in [7, 11) is 0. The van der Waals surface area contributed by atoms with Crippen LogP contribution in [0.2, 0.25) is 0 Å². The third-order valence-electron chi connectivity index (χ3n) is 2.19. The molecule has 0 aromatic heterocycles. The predicted octanol–water partition coefficient (Wildman–Crippen LogP) is -0.265. The Kier molecular flexibility index (Phi) is 2.54. The summed E-state index contributed by atoms with van der Waals surface area (Å²) in [6.45, 7) is 0.00358. The minimum atomic E-state index is -1.32. The van der Waals surface area contributed by atoms with E-state index in [9.17, 15) is 9.90 Å².